The van der Waals surface area contributed by atoms with Crippen molar-refractivity contribution in [3.63, 3.8) is 0 Å². The highest BCUT2D eigenvalue weighted by molar-refractivity contribution is 5.59. The van der Waals surface area contributed by atoms with Crippen LogP contribution in [0.3, 0.4) is 0 Å². The van der Waals surface area contributed by atoms with Gasteiger partial charge in [0.25, 0.3) is 0 Å². The van der Waals surface area contributed by atoms with Crippen molar-refractivity contribution < 1.29 is 23.0 Å². The van der Waals surface area contributed by atoms with E-state index < -0.39 is 19.5 Å². The summed E-state index contributed by atoms with van der Waals surface area (Å²) in [6.07, 6.45) is -0.534. The molecule has 12 heavy (non-hydrogen) atoms. The van der Waals surface area contributed by atoms with E-state index in [1.54, 1.807) is 0 Å². The second-order valence-electron chi connectivity index (χ2n) is 2.03. The van der Waals surface area contributed by atoms with Gasteiger partial charge < -0.3 is 9.47 Å². The molecule has 0 aliphatic heterocycles. The van der Waals surface area contributed by atoms with Crippen LogP contribution in [0.4, 0.5) is 13.6 Å². The molecular weight excluding hydrogens is 170 g/mol. The Morgan fingerprint density at radius 2 is 1.42 bits per heavy atom. The maximum absolute atomic E-state index is 11.5. The Hall–Kier alpha value is -0.870. The number of ether oxygens (including phenoxy) is 2. The monoisotopic (exact) mass is 182 g/mol. The first-order valence-corrected chi connectivity index (χ1v) is 3.72. The lowest BCUT2D eigenvalue weighted by Crippen LogP contribution is -2.10. The molecule has 0 atom stereocenters. The van der Waals surface area contributed by atoms with Crippen LogP contribution in [0.2, 0.25) is 0 Å². The molecule has 0 aromatic carbocycles. The summed E-state index contributed by atoms with van der Waals surface area (Å²) in [5.74, 6) is 0. The molecule has 0 N–H and O–H groups in total. The van der Waals surface area contributed by atoms with Gasteiger partial charge in [-0.25, -0.2) is 4.79 Å². The van der Waals surface area contributed by atoms with E-state index in [1.807, 2.05) is 0 Å². The van der Waals surface area contributed by atoms with E-state index in [0.717, 1.165) is 0 Å². The van der Waals surface area contributed by atoms with E-state index in [-0.39, 0.29) is 26.1 Å². The lowest BCUT2D eigenvalue weighted by molar-refractivity contribution is 0.0516. The van der Waals surface area contributed by atoms with Gasteiger partial charge in [-0.3, -0.25) is 8.78 Å². The number of carbonyl (C=O) groups is 1. The van der Waals surface area contributed by atoms with E-state index in [2.05, 4.69) is 9.47 Å². The predicted octanol–water partition coefficient (Wildman–Crippen LogP) is 1.86. The van der Waals surface area contributed by atoms with Gasteiger partial charge in [0.1, 0.15) is 0 Å². The van der Waals surface area contributed by atoms with Crippen molar-refractivity contribution in [2.45, 2.75) is 12.8 Å². The van der Waals surface area contributed by atoms with Crippen LogP contribution in [0.5, 0.6) is 0 Å². The van der Waals surface area contributed by atoms with Crippen molar-refractivity contribution in [2.24, 2.45) is 0 Å². The number of hydrogen-bond donors (Lipinski definition) is 0. The SMILES string of the molecule is O=C(OCCCF)OCCCF. The fraction of sp³-hybridized carbons (Fsp3) is 0.857. The number of rotatable bonds is 6. The summed E-state index contributed by atoms with van der Waals surface area (Å²) < 4.78 is 31.7. The molecule has 0 rings (SSSR count). The molecule has 72 valence electrons. The highest BCUT2D eigenvalue weighted by atomic mass is 19.1. The van der Waals surface area contributed by atoms with Gasteiger partial charge in [-0.1, -0.05) is 0 Å². The van der Waals surface area contributed by atoms with E-state index in [0.29, 0.717) is 0 Å². The Labute approximate surface area is 69.6 Å². The zero-order chi connectivity index (χ0) is 9.23. The first-order valence-electron chi connectivity index (χ1n) is 3.72. The smallest absolute Gasteiger partial charge is 0.434 e. The Morgan fingerprint density at radius 3 is 1.75 bits per heavy atom. The molecule has 5 heteroatoms. The van der Waals surface area contributed by atoms with Gasteiger partial charge in [0.05, 0.1) is 26.6 Å². The summed E-state index contributed by atoms with van der Waals surface area (Å²) in [7, 11) is 0. The van der Waals surface area contributed by atoms with Crippen LogP contribution in [-0.2, 0) is 9.47 Å². The molecule has 0 aliphatic rings. The second-order valence-corrected chi connectivity index (χ2v) is 2.03. The first-order chi connectivity index (χ1) is 5.81. The number of carbonyl (C=O) groups excluding carboxylic acids is 1. The van der Waals surface area contributed by atoms with Crippen LogP contribution in [0.25, 0.3) is 0 Å². The summed E-state index contributed by atoms with van der Waals surface area (Å²) in [5.41, 5.74) is 0. The van der Waals surface area contributed by atoms with Crippen LogP contribution in [-0.4, -0.2) is 32.7 Å². The molecule has 0 amide bonds. The third-order valence-electron chi connectivity index (χ3n) is 0.996. The van der Waals surface area contributed by atoms with Crippen LogP contribution in [0.15, 0.2) is 0 Å². The normalized spacial score (nSPS) is 9.50. The quantitative estimate of drug-likeness (QED) is 0.464. The number of halogens is 2. The van der Waals surface area contributed by atoms with Gasteiger partial charge in [-0.15, -0.1) is 0 Å². The average molecular weight is 182 g/mol. The Morgan fingerprint density at radius 1 is 1.00 bits per heavy atom. The lowest BCUT2D eigenvalue weighted by atomic mass is 10.5. The Kier molecular flexibility index (Phi) is 7.63. The summed E-state index contributed by atoms with van der Waals surface area (Å²) in [6.45, 7) is -1.05. The molecule has 0 saturated heterocycles. The van der Waals surface area contributed by atoms with E-state index in [4.69, 9.17) is 0 Å². The minimum atomic E-state index is -0.864. The van der Waals surface area contributed by atoms with Gasteiger partial charge in [0, 0.05) is 12.8 Å². The van der Waals surface area contributed by atoms with Gasteiger partial charge in [0.15, 0.2) is 0 Å². The number of hydrogen-bond acceptors (Lipinski definition) is 3. The highest BCUT2D eigenvalue weighted by Gasteiger charge is 2.01. The van der Waals surface area contributed by atoms with Gasteiger partial charge in [-0.05, 0) is 0 Å². The van der Waals surface area contributed by atoms with Crippen molar-refractivity contribution >= 4 is 6.16 Å². The first kappa shape index (κ1) is 11.1. The minimum absolute atomic E-state index is 0.00492. The van der Waals surface area contributed by atoms with Crippen LogP contribution in [0.1, 0.15) is 12.8 Å². The van der Waals surface area contributed by atoms with E-state index in [9.17, 15) is 13.6 Å². The molecule has 0 aromatic heterocycles. The van der Waals surface area contributed by atoms with E-state index >= 15 is 0 Å². The number of alkyl halides is 2. The standard InChI is InChI=1S/C7H12F2O3/c8-3-1-5-11-7(10)12-6-2-4-9/h1-6H2. The van der Waals surface area contributed by atoms with Crippen molar-refractivity contribution in [3.8, 4) is 0 Å². The molecule has 0 aromatic rings. The van der Waals surface area contributed by atoms with Crippen molar-refractivity contribution in [1.29, 1.82) is 0 Å². The molecule has 0 fully saturated rings. The molecule has 0 radical (unpaired) electrons. The summed E-state index contributed by atoms with van der Waals surface area (Å²) in [4.78, 5) is 10.5. The third-order valence-corrected chi connectivity index (χ3v) is 0.996. The molecule has 0 spiro atoms. The van der Waals surface area contributed by atoms with Crippen LogP contribution < -0.4 is 0 Å². The van der Waals surface area contributed by atoms with Gasteiger partial charge >= 0.3 is 6.16 Å². The van der Waals surface area contributed by atoms with Crippen molar-refractivity contribution in [1.82, 2.24) is 0 Å². The molecular formula is C7H12F2O3. The third kappa shape index (κ3) is 7.24. The zero-order valence-electron chi connectivity index (χ0n) is 6.72. The summed E-state index contributed by atoms with van der Waals surface area (Å²) in [6, 6.07) is 0. The highest BCUT2D eigenvalue weighted by Crippen LogP contribution is 1.91. The Balaban J connectivity index is 3.10. The molecule has 0 aliphatic carbocycles. The van der Waals surface area contributed by atoms with Crippen molar-refractivity contribution in [3.05, 3.63) is 0 Å². The molecule has 0 heterocycles. The van der Waals surface area contributed by atoms with Gasteiger partial charge in [-0.2, -0.15) is 0 Å². The fourth-order valence-corrected chi connectivity index (χ4v) is 0.462. The average Bonchev–Trinajstić information content (AvgIpc) is 2.06. The second kappa shape index (κ2) is 8.23. The maximum Gasteiger partial charge on any atom is 0.508 e. The zero-order valence-corrected chi connectivity index (χ0v) is 6.72. The molecule has 0 bridgehead atoms. The predicted molar refractivity (Wildman–Crippen MR) is 38.5 cm³/mol. The fourth-order valence-electron chi connectivity index (χ4n) is 0.462. The van der Waals surface area contributed by atoms with Crippen LogP contribution >= 0.6 is 0 Å². The molecule has 0 unspecified atom stereocenters. The van der Waals surface area contributed by atoms with Gasteiger partial charge in [0.2, 0.25) is 0 Å². The minimum Gasteiger partial charge on any atom is -0.434 e. The lowest BCUT2D eigenvalue weighted by Gasteiger charge is -2.03. The maximum atomic E-state index is 11.5. The van der Waals surface area contributed by atoms with Crippen molar-refractivity contribution in [2.75, 3.05) is 26.6 Å². The van der Waals surface area contributed by atoms with E-state index in [1.165, 1.54) is 0 Å². The molecule has 0 saturated carbocycles. The largest absolute Gasteiger partial charge is 0.508 e. The summed E-state index contributed by atoms with van der Waals surface area (Å²) >= 11 is 0. The summed E-state index contributed by atoms with van der Waals surface area (Å²) in [5, 5.41) is 0. The Bertz CT molecular complexity index is 107. The van der Waals surface area contributed by atoms with Crippen LogP contribution in [0, 0.1) is 0 Å². The molecule has 3 nitrogen and oxygen atoms in total. The topological polar surface area (TPSA) is 35.5 Å².